The van der Waals surface area contributed by atoms with E-state index in [9.17, 15) is 9.59 Å². The van der Waals surface area contributed by atoms with Crippen molar-refractivity contribution in [2.45, 2.75) is 13.0 Å². The molecule has 1 aromatic carbocycles. The fraction of sp³-hybridized carbons (Fsp3) is 0.333. The normalized spacial score (nSPS) is 11.9. The number of benzene rings is 1. The van der Waals surface area contributed by atoms with Crippen LogP contribution in [0.1, 0.15) is 15.9 Å². The van der Waals surface area contributed by atoms with Crippen molar-refractivity contribution in [3.05, 3.63) is 32.9 Å². The van der Waals surface area contributed by atoms with Crippen LogP contribution in [-0.2, 0) is 9.53 Å². The molecular weight excluding hydrogens is 349 g/mol. The lowest BCUT2D eigenvalue weighted by Gasteiger charge is -2.12. The van der Waals surface area contributed by atoms with Gasteiger partial charge in [0.2, 0.25) is 0 Å². The summed E-state index contributed by atoms with van der Waals surface area (Å²) in [5.74, 6) is -1.40. The molecule has 0 saturated heterocycles. The standard InChI is InChI=1S/C12H14INO4/c1-7-8(4-3-5-9(7)13)11(15)14-6-10(18-2)12(16)17/h3-5,10H,6H2,1-2H3,(H,14,15)(H,16,17). The van der Waals surface area contributed by atoms with E-state index in [4.69, 9.17) is 9.84 Å². The third kappa shape index (κ3) is 3.67. The predicted molar refractivity (Wildman–Crippen MR) is 74.7 cm³/mol. The molecule has 0 aliphatic heterocycles. The van der Waals surface area contributed by atoms with Crippen molar-refractivity contribution in [3.8, 4) is 0 Å². The minimum atomic E-state index is -1.10. The van der Waals surface area contributed by atoms with Crippen LogP contribution in [0, 0.1) is 10.5 Å². The highest BCUT2D eigenvalue weighted by atomic mass is 127. The second kappa shape index (κ2) is 6.69. The van der Waals surface area contributed by atoms with E-state index in [1.165, 1.54) is 7.11 Å². The molecule has 2 N–H and O–H groups in total. The molecule has 0 saturated carbocycles. The number of amides is 1. The second-order valence-corrected chi connectivity index (χ2v) is 4.85. The lowest BCUT2D eigenvalue weighted by atomic mass is 10.1. The Kier molecular flexibility index (Phi) is 5.54. The number of nitrogens with one attached hydrogen (secondary N) is 1. The van der Waals surface area contributed by atoms with Crippen molar-refractivity contribution in [2.24, 2.45) is 0 Å². The van der Waals surface area contributed by atoms with E-state index in [1.54, 1.807) is 12.1 Å². The average Bonchev–Trinajstić information content (AvgIpc) is 2.32. The number of hydrogen-bond acceptors (Lipinski definition) is 3. The molecule has 6 heteroatoms. The van der Waals surface area contributed by atoms with Gasteiger partial charge in [0.05, 0.1) is 6.54 Å². The molecule has 0 aliphatic carbocycles. The molecule has 18 heavy (non-hydrogen) atoms. The fourth-order valence-electron chi connectivity index (χ4n) is 1.41. The summed E-state index contributed by atoms with van der Waals surface area (Å²) in [6.45, 7) is 1.79. The average molecular weight is 363 g/mol. The third-order valence-corrected chi connectivity index (χ3v) is 3.69. The number of carbonyl (C=O) groups is 2. The van der Waals surface area contributed by atoms with Crippen LogP contribution < -0.4 is 5.32 Å². The quantitative estimate of drug-likeness (QED) is 0.777. The Labute approximate surface area is 119 Å². The van der Waals surface area contributed by atoms with Gasteiger partial charge >= 0.3 is 5.97 Å². The number of carboxylic acid groups (broad SMARTS) is 1. The van der Waals surface area contributed by atoms with Crippen LogP contribution in [0.5, 0.6) is 0 Å². The first-order chi connectivity index (χ1) is 8.47. The molecule has 5 nitrogen and oxygen atoms in total. The molecule has 0 radical (unpaired) electrons. The molecule has 98 valence electrons. The van der Waals surface area contributed by atoms with Crippen molar-refractivity contribution in [3.63, 3.8) is 0 Å². The fourth-order valence-corrected chi connectivity index (χ4v) is 1.90. The van der Waals surface area contributed by atoms with Gasteiger partial charge in [0, 0.05) is 16.2 Å². The van der Waals surface area contributed by atoms with Crippen LogP contribution in [0.2, 0.25) is 0 Å². The Balaban J connectivity index is 2.71. The number of rotatable bonds is 5. The molecule has 0 bridgehead atoms. The highest BCUT2D eigenvalue weighted by Gasteiger charge is 2.18. The summed E-state index contributed by atoms with van der Waals surface area (Å²) < 4.78 is 5.72. The summed E-state index contributed by atoms with van der Waals surface area (Å²) in [6, 6.07) is 5.39. The molecule has 0 aliphatic rings. The number of methoxy groups -OCH3 is 1. The van der Waals surface area contributed by atoms with Gasteiger partial charge in [0.15, 0.2) is 6.10 Å². The Bertz CT molecular complexity index is 461. The SMILES string of the molecule is COC(CNC(=O)c1cccc(I)c1C)C(=O)O. The largest absolute Gasteiger partial charge is 0.479 e. The van der Waals surface area contributed by atoms with E-state index in [0.29, 0.717) is 5.56 Å². The van der Waals surface area contributed by atoms with Crippen LogP contribution in [0.15, 0.2) is 18.2 Å². The van der Waals surface area contributed by atoms with Crippen molar-refractivity contribution >= 4 is 34.5 Å². The maximum absolute atomic E-state index is 11.9. The van der Waals surface area contributed by atoms with Crippen molar-refractivity contribution in [1.29, 1.82) is 0 Å². The number of aliphatic carboxylic acids is 1. The Morgan fingerprint density at radius 1 is 1.50 bits per heavy atom. The molecule has 0 spiro atoms. The minimum absolute atomic E-state index is 0.0599. The highest BCUT2D eigenvalue weighted by molar-refractivity contribution is 14.1. The van der Waals surface area contributed by atoms with Gasteiger partial charge in [-0.3, -0.25) is 4.79 Å². The van der Waals surface area contributed by atoms with Crippen LogP contribution in [0.25, 0.3) is 0 Å². The van der Waals surface area contributed by atoms with Gasteiger partial charge in [0.1, 0.15) is 0 Å². The summed E-state index contributed by atoms with van der Waals surface area (Å²) in [4.78, 5) is 22.6. The topological polar surface area (TPSA) is 75.6 Å². The zero-order valence-electron chi connectivity index (χ0n) is 10.1. The summed E-state index contributed by atoms with van der Waals surface area (Å²) in [6.07, 6.45) is -1.03. The lowest BCUT2D eigenvalue weighted by Crippen LogP contribution is -2.38. The zero-order chi connectivity index (χ0) is 13.7. The molecule has 1 rings (SSSR count). The number of ether oxygens (including phenoxy) is 1. The van der Waals surface area contributed by atoms with E-state index in [-0.39, 0.29) is 12.5 Å². The number of halogens is 1. The van der Waals surface area contributed by atoms with E-state index in [0.717, 1.165) is 9.13 Å². The van der Waals surface area contributed by atoms with Gasteiger partial charge in [-0.1, -0.05) is 6.07 Å². The Hall–Kier alpha value is -1.15. The maximum atomic E-state index is 11.9. The van der Waals surface area contributed by atoms with Gasteiger partial charge in [-0.05, 0) is 47.2 Å². The van der Waals surface area contributed by atoms with Crippen molar-refractivity contribution < 1.29 is 19.4 Å². The first-order valence-corrected chi connectivity index (χ1v) is 6.34. The van der Waals surface area contributed by atoms with Gasteiger partial charge in [-0.2, -0.15) is 0 Å². The van der Waals surface area contributed by atoms with Crippen LogP contribution >= 0.6 is 22.6 Å². The lowest BCUT2D eigenvalue weighted by molar-refractivity contribution is -0.147. The Morgan fingerprint density at radius 2 is 2.17 bits per heavy atom. The minimum Gasteiger partial charge on any atom is -0.479 e. The molecule has 0 heterocycles. The molecule has 1 atom stereocenters. The van der Waals surface area contributed by atoms with Gasteiger partial charge in [-0.15, -0.1) is 0 Å². The predicted octanol–water partition coefficient (Wildman–Crippen LogP) is 1.43. The van der Waals surface area contributed by atoms with Crippen LogP contribution in [-0.4, -0.2) is 36.7 Å². The van der Waals surface area contributed by atoms with E-state index in [1.807, 2.05) is 13.0 Å². The smallest absolute Gasteiger partial charge is 0.334 e. The number of carbonyl (C=O) groups excluding carboxylic acids is 1. The van der Waals surface area contributed by atoms with Crippen molar-refractivity contribution in [2.75, 3.05) is 13.7 Å². The molecular formula is C12H14INO4. The third-order valence-electron chi connectivity index (χ3n) is 2.52. The molecule has 0 fully saturated rings. The molecule has 1 aromatic rings. The zero-order valence-corrected chi connectivity index (χ0v) is 12.2. The summed E-state index contributed by atoms with van der Waals surface area (Å²) >= 11 is 2.14. The van der Waals surface area contributed by atoms with Gasteiger partial charge < -0.3 is 15.2 Å². The second-order valence-electron chi connectivity index (χ2n) is 3.69. The number of hydrogen-bond donors (Lipinski definition) is 2. The monoisotopic (exact) mass is 363 g/mol. The van der Waals surface area contributed by atoms with E-state index in [2.05, 4.69) is 27.9 Å². The van der Waals surface area contributed by atoms with E-state index >= 15 is 0 Å². The van der Waals surface area contributed by atoms with Crippen LogP contribution in [0.3, 0.4) is 0 Å². The van der Waals surface area contributed by atoms with Gasteiger partial charge in [-0.25, -0.2) is 4.79 Å². The van der Waals surface area contributed by atoms with Gasteiger partial charge in [0.25, 0.3) is 5.91 Å². The van der Waals surface area contributed by atoms with E-state index < -0.39 is 12.1 Å². The molecule has 1 amide bonds. The summed E-state index contributed by atoms with van der Waals surface area (Å²) in [7, 11) is 1.29. The molecule has 1 unspecified atom stereocenters. The number of carboxylic acids is 1. The molecule has 0 aromatic heterocycles. The van der Waals surface area contributed by atoms with Crippen LogP contribution in [0.4, 0.5) is 0 Å². The first-order valence-electron chi connectivity index (χ1n) is 5.26. The maximum Gasteiger partial charge on any atom is 0.334 e. The van der Waals surface area contributed by atoms with Crippen molar-refractivity contribution in [1.82, 2.24) is 5.32 Å². The summed E-state index contributed by atoms with van der Waals surface area (Å²) in [5, 5.41) is 11.3. The summed E-state index contributed by atoms with van der Waals surface area (Å²) in [5.41, 5.74) is 1.42. The Morgan fingerprint density at radius 3 is 2.72 bits per heavy atom. The first kappa shape index (κ1) is 14.9. The highest BCUT2D eigenvalue weighted by Crippen LogP contribution is 2.15.